The zero-order valence-corrected chi connectivity index (χ0v) is 62.3. The van der Waals surface area contributed by atoms with Crippen LogP contribution in [0.5, 0.6) is 0 Å². The molecule has 0 atom stereocenters. The Labute approximate surface area is 663 Å². The molecular formula is C106H64N8O2. The van der Waals surface area contributed by atoms with Crippen LogP contribution < -0.4 is 0 Å². The van der Waals surface area contributed by atoms with E-state index in [9.17, 15) is 0 Å². The quantitative estimate of drug-likeness (QED) is 0.143. The highest BCUT2D eigenvalue weighted by Gasteiger charge is 2.28. The first kappa shape index (κ1) is 65.0. The lowest BCUT2D eigenvalue weighted by Crippen LogP contribution is -2.03. The molecule has 0 amide bonds. The highest BCUT2D eigenvalue weighted by atomic mass is 16.3. The molecule has 0 spiro atoms. The van der Waals surface area contributed by atoms with Crippen molar-refractivity contribution >= 4 is 153 Å². The van der Waals surface area contributed by atoms with Gasteiger partial charge in [0.05, 0.1) is 66.6 Å². The summed E-state index contributed by atoms with van der Waals surface area (Å²) >= 11 is 0. The Balaban J connectivity index is 0.000000134. The molecule has 0 saturated carbocycles. The van der Waals surface area contributed by atoms with Gasteiger partial charge in [-0.1, -0.05) is 267 Å². The average molecular weight is 1480 g/mol. The fourth-order valence-electron chi connectivity index (χ4n) is 18.4. The molecule has 0 aliphatic carbocycles. The van der Waals surface area contributed by atoms with Crippen molar-refractivity contribution in [2.45, 2.75) is 0 Å². The Morgan fingerprint density at radius 2 is 0.578 bits per heavy atom. The Morgan fingerprint density at radius 1 is 0.190 bits per heavy atom. The van der Waals surface area contributed by atoms with Crippen LogP contribution in [-0.4, -0.2) is 38.2 Å². The second-order valence-electron chi connectivity index (χ2n) is 29.9. The van der Waals surface area contributed by atoms with E-state index in [1.54, 1.807) is 0 Å². The predicted octanol–water partition coefficient (Wildman–Crippen LogP) is 27.8. The zero-order chi connectivity index (χ0) is 76.1. The van der Waals surface area contributed by atoms with Gasteiger partial charge >= 0.3 is 0 Å². The molecular weight excluding hydrogens is 1420 g/mol. The van der Waals surface area contributed by atoms with Crippen molar-refractivity contribution in [2.24, 2.45) is 0 Å². The van der Waals surface area contributed by atoms with Gasteiger partial charge in [-0.2, -0.15) is 0 Å². The van der Waals surface area contributed by atoms with E-state index in [-0.39, 0.29) is 0 Å². The number of rotatable bonds is 9. The van der Waals surface area contributed by atoms with Crippen LogP contribution in [0.3, 0.4) is 0 Å². The molecule has 0 saturated heterocycles. The number of nitrogens with zero attached hydrogens (tertiary/aromatic N) is 8. The minimum Gasteiger partial charge on any atom is -0.456 e. The Morgan fingerprint density at radius 3 is 1.10 bits per heavy atom. The lowest BCUT2D eigenvalue weighted by Gasteiger charge is -2.12. The number of aromatic nitrogens is 8. The summed E-state index contributed by atoms with van der Waals surface area (Å²) in [6.45, 7) is 0. The number of hydrogen-bond acceptors (Lipinski definition) is 6. The summed E-state index contributed by atoms with van der Waals surface area (Å²) in [5.74, 6) is 1.33. The minimum absolute atomic E-state index is 0.625. The van der Waals surface area contributed by atoms with Crippen molar-refractivity contribution in [3.8, 4) is 79.2 Å². The third kappa shape index (κ3) is 10.0. The molecule has 116 heavy (non-hydrogen) atoms. The Bertz CT molecular complexity index is 8320. The molecule has 0 N–H and O–H groups in total. The summed E-state index contributed by atoms with van der Waals surface area (Å²) in [6.07, 6.45) is 0. The first-order valence-corrected chi connectivity index (χ1v) is 39.3. The van der Waals surface area contributed by atoms with Crippen molar-refractivity contribution in [3.05, 3.63) is 388 Å². The molecule has 17 aromatic carbocycles. The fourth-order valence-corrected chi connectivity index (χ4v) is 18.4. The van der Waals surface area contributed by atoms with Gasteiger partial charge in [0, 0.05) is 109 Å². The molecule has 0 radical (unpaired) electrons. The molecule has 540 valence electrons. The van der Waals surface area contributed by atoms with Gasteiger partial charge in [0.15, 0.2) is 5.82 Å². The molecule has 0 unspecified atom stereocenters. The maximum absolute atomic E-state index is 6.49. The normalized spacial score (nSPS) is 12.0. The molecule has 8 aromatic heterocycles. The van der Waals surface area contributed by atoms with Gasteiger partial charge in [-0.05, 0) is 144 Å². The number of para-hydroxylation sites is 6. The highest BCUT2D eigenvalue weighted by molar-refractivity contribution is 6.35. The molecule has 0 bridgehead atoms. The van der Waals surface area contributed by atoms with Crippen LogP contribution >= 0.6 is 0 Å². The van der Waals surface area contributed by atoms with Crippen LogP contribution in [-0.2, 0) is 0 Å². The largest absolute Gasteiger partial charge is 0.456 e. The average Bonchev–Trinajstić information content (AvgIpc) is 1.53. The topological polar surface area (TPSA) is 97.6 Å². The van der Waals surface area contributed by atoms with Crippen LogP contribution in [0.15, 0.2) is 397 Å². The number of benzene rings is 17. The number of fused-ring (bicyclic) bond motifs is 24. The summed E-state index contributed by atoms with van der Waals surface area (Å²) in [4.78, 5) is 21.0. The lowest BCUT2D eigenvalue weighted by atomic mass is 10.0. The standard InChI is InChI=1S/C56H34N4O.C50H30N4O/c1-3-14-35(15-4-1)38-18-13-19-40(34-38)60-47-32-33-50-53(43-22-9-12-25-49(43)61-50)51(47)44-30-31-48-52(55(44)60)42-21-8-11-24-46(42)59(48)39-28-26-37(27-29-39)56-57-45-23-10-7-20-41(45)54(58-56)36-16-5-2-6-17-36;1-3-14-31(15-4-1)33-18-13-19-34(30-33)53-40-24-11-8-21-36(40)46-42(53)27-26-38-45-41(28-29-44-47(45)37-22-9-12-25-43(37)55-44)54(49(38)46)50-51-39-23-10-7-20-35(39)48(52-50)32-16-5-2-6-17-32/h1-34H;1-30H. The predicted molar refractivity (Wildman–Crippen MR) is 478 cm³/mol. The summed E-state index contributed by atoms with van der Waals surface area (Å²) < 4.78 is 22.5. The van der Waals surface area contributed by atoms with E-state index in [1.165, 1.54) is 49.3 Å². The van der Waals surface area contributed by atoms with Crippen LogP contribution in [0.2, 0.25) is 0 Å². The minimum atomic E-state index is 0.625. The summed E-state index contributed by atoms with van der Waals surface area (Å²) in [5.41, 5.74) is 27.1. The summed E-state index contributed by atoms with van der Waals surface area (Å²) in [7, 11) is 0. The van der Waals surface area contributed by atoms with Crippen molar-refractivity contribution < 1.29 is 8.83 Å². The number of furan rings is 2. The lowest BCUT2D eigenvalue weighted by molar-refractivity contribution is 0.669. The van der Waals surface area contributed by atoms with E-state index >= 15 is 0 Å². The molecule has 0 aliphatic heterocycles. The van der Waals surface area contributed by atoms with Crippen LogP contribution in [0.1, 0.15) is 0 Å². The van der Waals surface area contributed by atoms with Gasteiger partial charge in [-0.25, -0.2) is 19.9 Å². The smallest absolute Gasteiger partial charge is 0.235 e. The van der Waals surface area contributed by atoms with Gasteiger partial charge in [0.2, 0.25) is 5.95 Å². The highest BCUT2D eigenvalue weighted by Crippen LogP contribution is 2.50. The number of hydrogen-bond donors (Lipinski definition) is 0. The molecule has 10 nitrogen and oxygen atoms in total. The maximum atomic E-state index is 6.49. The molecule has 10 heteroatoms. The van der Waals surface area contributed by atoms with E-state index in [0.29, 0.717) is 11.8 Å². The van der Waals surface area contributed by atoms with Crippen LogP contribution in [0.25, 0.3) is 232 Å². The van der Waals surface area contributed by atoms with E-state index in [2.05, 4.69) is 364 Å². The van der Waals surface area contributed by atoms with Gasteiger partial charge in [-0.15, -0.1) is 0 Å². The van der Waals surface area contributed by atoms with Crippen molar-refractivity contribution in [2.75, 3.05) is 0 Å². The van der Waals surface area contributed by atoms with Crippen LogP contribution in [0, 0.1) is 0 Å². The van der Waals surface area contributed by atoms with Gasteiger partial charge in [-0.3, -0.25) is 4.57 Å². The molecule has 25 aromatic rings. The van der Waals surface area contributed by atoms with Crippen molar-refractivity contribution in [1.82, 2.24) is 38.2 Å². The van der Waals surface area contributed by atoms with Crippen LogP contribution in [0.4, 0.5) is 0 Å². The van der Waals surface area contributed by atoms with E-state index < -0.39 is 0 Å². The zero-order valence-electron chi connectivity index (χ0n) is 62.3. The SMILES string of the molecule is c1ccc(-c2cccc(-n3c4ccc5oc6ccccc6c5c4c4ccc5c(c6ccccc6n5-c5ccc(-c6nc(-c7ccccc7)c7ccccc7n6)cc5)c43)c2)cc1.c1ccc(-c2cccc(-n3c4ccccc4c4c3ccc3c5c6c(ccc5n(-c5nc(-c7ccccc7)c7ccccc7n5)c34)oc3ccccc36)c2)cc1. The van der Waals surface area contributed by atoms with Crippen molar-refractivity contribution in [3.63, 3.8) is 0 Å². The maximum Gasteiger partial charge on any atom is 0.235 e. The molecule has 25 rings (SSSR count). The second kappa shape index (κ2) is 25.9. The fraction of sp³-hybridized carbons (Fsp3) is 0. The van der Waals surface area contributed by atoms with Gasteiger partial charge in [0.25, 0.3) is 0 Å². The third-order valence-electron chi connectivity index (χ3n) is 23.4. The Hall–Kier alpha value is -15.8. The summed E-state index contributed by atoms with van der Waals surface area (Å²) in [6, 6.07) is 137. The monoisotopic (exact) mass is 1480 g/mol. The van der Waals surface area contributed by atoms with E-state index in [4.69, 9.17) is 28.8 Å². The molecule has 0 fully saturated rings. The Kier molecular flexibility index (Phi) is 14.5. The second-order valence-corrected chi connectivity index (χ2v) is 29.9. The first-order valence-electron chi connectivity index (χ1n) is 39.3. The first-order chi connectivity index (χ1) is 57.6. The van der Waals surface area contributed by atoms with Crippen molar-refractivity contribution in [1.29, 1.82) is 0 Å². The van der Waals surface area contributed by atoms with Gasteiger partial charge in [0.1, 0.15) is 22.3 Å². The summed E-state index contributed by atoms with van der Waals surface area (Å²) in [5, 5.41) is 15.8. The third-order valence-corrected chi connectivity index (χ3v) is 23.4. The molecule has 0 aliphatic rings. The van der Waals surface area contributed by atoms with Gasteiger partial charge < -0.3 is 22.5 Å². The van der Waals surface area contributed by atoms with E-state index in [1.807, 2.05) is 42.5 Å². The van der Waals surface area contributed by atoms with E-state index in [0.717, 1.165) is 171 Å². The molecule has 8 heterocycles.